The van der Waals surface area contributed by atoms with E-state index in [4.69, 9.17) is 5.73 Å². The summed E-state index contributed by atoms with van der Waals surface area (Å²) in [5.74, 6) is -0.529. The predicted octanol–water partition coefficient (Wildman–Crippen LogP) is 0.860. The monoisotopic (exact) mass is 321 g/mol. The first kappa shape index (κ1) is 16.3. The van der Waals surface area contributed by atoms with Crippen LogP contribution in [0.25, 0.3) is 0 Å². The van der Waals surface area contributed by atoms with E-state index in [1.54, 1.807) is 47.5 Å². The van der Waals surface area contributed by atoms with Crippen LogP contribution in [-0.4, -0.2) is 31.9 Å². The maximum absolute atomic E-state index is 12.4. The van der Waals surface area contributed by atoms with E-state index in [0.29, 0.717) is 0 Å². The molecule has 0 bridgehead atoms. The van der Waals surface area contributed by atoms with Crippen molar-refractivity contribution in [1.29, 1.82) is 0 Å². The fraction of sp³-hybridized carbons (Fsp3) is 0.267. The summed E-state index contributed by atoms with van der Waals surface area (Å²) in [6.45, 7) is 3.67. The molecule has 7 heteroatoms. The Morgan fingerprint density at radius 1 is 1.27 bits per heavy atom. The number of nitrogens with zero attached hydrogens (tertiary/aromatic N) is 1. The number of hydrogen-bond acceptors (Lipinski definition) is 4. The Hall–Kier alpha value is -2.12. The number of nitrogens with one attached hydrogen (secondary N) is 1. The maximum Gasteiger partial charge on any atom is 0.242 e. The van der Waals surface area contributed by atoms with E-state index in [9.17, 15) is 13.2 Å². The summed E-state index contributed by atoms with van der Waals surface area (Å²) in [6.07, 6.45) is 4.53. The number of carbonyl (C=O) groups excluding carboxylic acids is 1. The first-order chi connectivity index (χ1) is 10.3. The van der Waals surface area contributed by atoms with Crippen molar-refractivity contribution in [1.82, 2.24) is 9.62 Å². The second-order valence-corrected chi connectivity index (χ2v) is 6.96. The normalized spacial score (nSPS) is 18.2. The number of nitrogens with two attached hydrogens (primary N) is 1. The molecule has 3 N–H and O–H groups in total. The third-order valence-corrected chi connectivity index (χ3v) is 4.66. The number of benzene rings is 1. The van der Waals surface area contributed by atoms with Crippen molar-refractivity contribution < 1.29 is 13.2 Å². The molecular formula is C15H19N3O3S. The van der Waals surface area contributed by atoms with Gasteiger partial charge in [-0.1, -0.05) is 23.8 Å². The standard InChI is InChI=1S/C15H19N3O3S/c1-11-3-6-13(7-4-11)22(20,21)17-15-8-5-12(2)9-18(15)10-14(16)19/h3-9,15,17H,10H2,1-2H3,(H2,16,19). The highest BCUT2D eigenvalue weighted by atomic mass is 32.2. The highest BCUT2D eigenvalue weighted by molar-refractivity contribution is 7.89. The zero-order chi connectivity index (χ0) is 16.3. The SMILES string of the molecule is CC1=CN(CC(N)=O)C(NS(=O)(=O)c2ccc(C)cc2)C=C1. The van der Waals surface area contributed by atoms with Gasteiger partial charge in [0.2, 0.25) is 15.9 Å². The summed E-state index contributed by atoms with van der Waals surface area (Å²) in [7, 11) is -3.69. The number of carbonyl (C=O) groups is 1. The molecule has 0 fully saturated rings. The second-order valence-electron chi connectivity index (χ2n) is 5.25. The quantitative estimate of drug-likeness (QED) is 0.841. The van der Waals surface area contributed by atoms with Crippen molar-refractivity contribution in [3.05, 3.63) is 53.8 Å². The molecule has 1 aliphatic heterocycles. The summed E-state index contributed by atoms with van der Waals surface area (Å²) in [5.41, 5.74) is 7.10. The van der Waals surface area contributed by atoms with Crippen LogP contribution in [0.4, 0.5) is 0 Å². The molecule has 0 aromatic heterocycles. The van der Waals surface area contributed by atoms with Crippen LogP contribution < -0.4 is 10.5 Å². The van der Waals surface area contributed by atoms with Gasteiger partial charge in [-0.15, -0.1) is 0 Å². The Morgan fingerprint density at radius 2 is 1.91 bits per heavy atom. The largest absolute Gasteiger partial charge is 0.368 e. The summed E-state index contributed by atoms with van der Waals surface area (Å²) in [5, 5.41) is 0. The molecule has 1 aliphatic rings. The van der Waals surface area contributed by atoms with Crippen LogP contribution in [0.3, 0.4) is 0 Å². The minimum Gasteiger partial charge on any atom is -0.368 e. The van der Waals surface area contributed by atoms with E-state index in [-0.39, 0.29) is 11.4 Å². The van der Waals surface area contributed by atoms with Gasteiger partial charge in [0.1, 0.15) is 6.17 Å². The minimum absolute atomic E-state index is 0.0667. The number of sulfonamides is 1. The lowest BCUT2D eigenvalue weighted by Gasteiger charge is -2.30. The van der Waals surface area contributed by atoms with Gasteiger partial charge in [-0.3, -0.25) is 4.79 Å². The lowest BCUT2D eigenvalue weighted by atomic mass is 10.2. The smallest absolute Gasteiger partial charge is 0.242 e. The number of amides is 1. The van der Waals surface area contributed by atoms with Crippen LogP contribution >= 0.6 is 0 Å². The lowest BCUT2D eigenvalue weighted by Crippen LogP contribution is -2.48. The fourth-order valence-electron chi connectivity index (χ4n) is 2.11. The maximum atomic E-state index is 12.4. The Morgan fingerprint density at radius 3 is 2.50 bits per heavy atom. The third-order valence-electron chi connectivity index (χ3n) is 3.21. The molecule has 6 nitrogen and oxygen atoms in total. The van der Waals surface area contributed by atoms with E-state index in [2.05, 4.69) is 4.72 Å². The molecule has 0 spiro atoms. The lowest BCUT2D eigenvalue weighted by molar-refractivity contribution is -0.118. The summed E-state index contributed by atoms with van der Waals surface area (Å²) in [4.78, 5) is 12.9. The van der Waals surface area contributed by atoms with E-state index in [0.717, 1.165) is 11.1 Å². The molecule has 2 rings (SSSR count). The third kappa shape index (κ3) is 3.96. The fourth-order valence-corrected chi connectivity index (χ4v) is 3.28. The molecule has 0 saturated heterocycles. The predicted molar refractivity (Wildman–Crippen MR) is 84.1 cm³/mol. The molecule has 1 unspecified atom stereocenters. The number of aryl methyl sites for hydroxylation is 1. The van der Waals surface area contributed by atoms with E-state index in [1.165, 1.54) is 0 Å². The zero-order valence-electron chi connectivity index (χ0n) is 12.5. The van der Waals surface area contributed by atoms with Crippen LogP contribution in [0.15, 0.2) is 53.1 Å². The molecule has 118 valence electrons. The van der Waals surface area contributed by atoms with Crippen molar-refractivity contribution in [2.24, 2.45) is 5.73 Å². The number of hydrogen-bond donors (Lipinski definition) is 2. The highest BCUT2D eigenvalue weighted by Crippen LogP contribution is 2.15. The van der Waals surface area contributed by atoms with E-state index in [1.807, 2.05) is 13.8 Å². The zero-order valence-corrected chi connectivity index (χ0v) is 13.3. The molecule has 22 heavy (non-hydrogen) atoms. The molecule has 1 amide bonds. The Kier molecular flexibility index (Phi) is 4.68. The molecule has 1 atom stereocenters. The second kappa shape index (κ2) is 6.33. The summed E-state index contributed by atoms with van der Waals surface area (Å²) < 4.78 is 27.4. The molecule has 0 radical (unpaired) electrons. The molecule has 0 saturated carbocycles. The molecule has 1 heterocycles. The molecule has 0 aliphatic carbocycles. The minimum atomic E-state index is -3.69. The van der Waals surface area contributed by atoms with Crippen LogP contribution in [0, 0.1) is 6.92 Å². The van der Waals surface area contributed by atoms with Gasteiger partial charge >= 0.3 is 0 Å². The van der Waals surface area contributed by atoms with Crippen molar-refractivity contribution in [2.75, 3.05) is 6.54 Å². The van der Waals surface area contributed by atoms with E-state index >= 15 is 0 Å². The molecular weight excluding hydrogens is 302 g/mol. The molecule has 1 aromatic rings. The van der Waals surface area contributed by atoms with Gasteiger partial charge < -0.3 is 10.6 Å². The topological polar surface area (TPSA) is 92.5 Å². The van der Waals surface area contributed by atoms with Crippen LogP contribution in [0.5, 0.6) is 0 Å². The summed E-state index contributed by atoms with van der Waals surface area (Å²) in [6, 6.07) is 6.56. The van der Waals surface area contributed by atoms with Crippen molar-refractivity contribution in [3.8, 4) is 0 Å². The van der Waals surface area contributed by atoms with Gasteiger partial charge in [0, 0.05) is 6.20 Å². The Balaban J connectivity index is 2.22. The van der Waals surface area contributed by atoms with Crippen molar-refractivity contribution in [2.45, 2.75) is 24.9 Å². The van der Waals surface area contributed by atoms with Gasteiger partial charge in [0.15, 0.2) is 0 Å². The van der Waals surface area contributed by atoms with Crippen molar-refractivity contribution >= 4 is 15.9 Å². The van der Waals surface area contributed by atoms with Gasteiger partial charge in [-0.05, 0) is 37.6 Å². The Labute approximate surface area is 130 Å². The van der Waals surface area contributed by atoms with Crippen molar-refractivity contribution in [3.63, 3.8) is 0 Å². The molecule has 1 aromatic carbocycles. The first-order valence-corrected chi connectivity index (χ1v) is 8.26. The van der Waals surface area contributed by atoms with Gasteiger partial charge in [-0.2, -0.15) is 4.72 Å². The van der Waals surface area contributed by atoms with Gasteiger partial charge in [0.05, 0.1) is 11.4 Å². The first-order valence-electron chi connectivity index (χ1n) is 6.77. The van der Waals surface area contributed by atoms with Crippen LogP contribution in [0.1, 0.15) is 12.5 Å². The van der Waals surface area contributed by atoms with Gasteiger partial charge in [-0.25, -0.2) is 8.42 Å². The number of primary amides is 1. The number of allylic oxidation sites excluding steroid dienone is 2. The van der Waals surface area contributed by atoms with Crippen LogP contribution in [-0.2, 0) is 14.8 Å². The average Bonchev–Trinajstić information content (AvgIpc) is 2.41. The number of rotatable bonds is 5. The van der Waals surface area contributed by atoms with Gasteiger partial charge in [0.25, 0.3) is 0 Å². The summed E-state index contributed by atoms with van der Waals surface area (Å²) >= 11 is 0. The Bertz CT molecular complexity index is 721. The highest BCUT2D eigenvalue weighted by Gasteiger charge is 2.24. The average molecular weight is 321 g/mol. The van der Waals surface area contributed by atoms with E-state index < -0.39 is 22.1 Å². The van der Waals surface area contributed by atoms with Crippen LogP contribution in [0.2, 0.25) is 0 Å².